The van der Waals surface area contributed by atoms with Crippen LogP contribution >= 0.6 is 0 Å². The van der Waals surface area contributed by atoms with Gasteiger partial charge in [0.15, 0.2) is 0 Å². The van der Waals surface area contributed by atoms with Gasteiger partial charge in [-0.15, -0.1) is 0 Å². The molecule has 106 valence electrons. The SMILES string of the molecule is CC(C)(C)NCc1ncnn1-c1ccc([N+](=O)[O-])cc1. The van der Waals surface area contributed by atoms with Crippen LogP contribution in [-0.4, -0.2) is 25.2 Å². The zero-order valence-corrected chi connectivity index (χ0v) is 11.7. The first-order valence-electron chi connectivity index (χ1n) is 6.25. The van der Waals surface area contributed by atoms with Crippen LogP contribution < -0.4 is 5.32 Å². The summed E-state index contributed by atoms with van der Waals surface area (Å²) in [6.45, 7) is 6.78. The minimum absolute atomic E-state index is 0.0216. The summed E-state index contributed by atoms with van der Waals surface area (Å²) in [6.07, 6.45) is 1.47. The molecule has 0 aliphatic rings. The van der Waals surface area contributed by atoms with Gasteiger partial charge in [0.1, 0.15) is 12.2 Å². The first-order chi connectivity index (χ1) is 9.37. The van der Waals surface area contributed by atoms with E-state index in [-0.39, 0.29) is 11.2 Å². The summed E-state index contributed by atoms with van der Waals surface area (Å²) in [6, 6.07) is 6.23. The molecule has 1 heterocycles. The first kappa shape index (κ1) is 14.1. The van der Waals surface area contributed by atoms with E-state index in [0.717, 1.165) is 11.5 Å². The number of nitrogens with one attached hydrogen (secondary N) is 1. The van der Waals surface area contributed by atoms with Crippen molar-refractivity contribution in [2.75, 3.05) is 0 Å². The van der Waals surface area contributed by atoms with Crippen molar-refractivity contribution in [3.05, 3.63) is 46.5 Å². The molecule has 0 saturated carbocycles. The van der Waals surface area contributed by atoms with Gasteiger partial charge in [-0.05, 0) is 32.9 Å². The van der Waals surface area contributed by atoms with Gasteiger partial charge in [-0.25, -0.2) is 9.67 Å². The standard InChI is InChI=1S/C13H17N5O2/c1-13(2,3)15-8-12-14-9-16-17(12)10-4-6-11(7-5-10)18(19)20/h4-7,9,15H,8H2,1-3H3. The number of non-ortho nitro benzene ring substituents is 1. The zero-order valence-electron chi connectivity index (χ0n) is 11.7. The molecule has 7 heteroatoms. The minimum atomic E-state index is -0.423. The lowest BCUT2D eigenvalue weighted by Gasteiger charge is -2.20. The van der Waals surface area contributed by atoms with E-state index >= 15 is 0 Å². The number of nitrogens with zero attached hydrogens (tertiary/aromatic N) is 4. The van der Waals surface area contributed by atoms with Crippen molar-refractivity contribution in [2.45, 2.75) is 32.9 Å². The maximum Gasteiger partial charge on any atom is 0.269 e. The number of hydrogen-bond acceptors (Lipinski definition) is 5. The lowest BCUT2D eigenvalue weighted by atomic mass is 10.1. The molecule has 0 unspecified atom stereocenters. The van der Waals surface area contributed by atoms with Gasteiger partial charge in [0.25, 0.3) is 5.69 Å². The Labute approximate surface area is 116 Å². The van der Waals surface area contributed by atoms with Gasteiger partial charge in [0.05, 0.1) is 17.2 Å². The van der Waals surface area contributed by atoms with Crippen LogP contribution in [0.3, 0.4) is 0 Å². The molecule has 0 atom stereocenters. The number of benzene rings is 1. The van der Waals surface area contributed by atoms with Crippen LogP contribution in [0.2, 0.25) is 0 Å². The normalized spacial score (nSPS) is 11.6. The van der Waals surface area contributed by atoms with E-state index in [1.165, 1.54) is 18.5 Å². The highest BCUT2D eigenvalue weighted by atomic mass is 16.6. The summed E-state index contributed by atoms with van der Waals surface area (Å²) in [5.74, 6) is 0.758. The molecule has 7 nitrogen and oxygen atoms in total. The first-order valence-corrected chi connectivity index (χ1v) is 6.25. The zero-order chi connectivity index (χ0) is 14.8. The molecule has 2 aromatic rings. The summed E-state index contributed by atoms with van der Waals surface area (Å²) in [5.41, 5.74) is 0.786. The fourth-order valence-electron chi connectivity index (χ4n) is 1.66. The predicted molar refractivity (Wildman–Crippen MR) is 74.6 cm³/mol. The molecule has 0 spiro atoms. The van der Waals surface area contributed by atoms with Gasteiger partial charge >= 0.3 is 0 Å². The molecule has 20 heavy (non-hydrogen) atoms. The van der Waals surface area contributed by atoms with Crippen molar-refractivity contribution in [1.29, 1.82) is 0 Å². The van der Waals surface area contributed by atoms with E-state index < -0.39 is 4.92 Å². The van der Waals surface area contributed by atoms with Gasteiger partial charge in [-0.1, -0.05) is 0 Å². The Morgan fingerprint density at radius 1 is 1.30 bits per heavy atom. The van der Waals surface area contributed by atoms with E-state index in [4.69, 9.17) is 0 Å². The Morgan fingerprint density at radius 2 is 1.95 bits per heavy atom. The highest BCUT2D eigenvalue weighted by Gasteiger charge is 2.13. The van der Waals surface area contributed by atoms with Crippen molar-refractivity contribution < 1.29 is 4.92 Å². The van der Waals surface area contributed by atoms with Gasteiger partial charge in [0.2, 0.25) is 0 Å². The summed E-state index contributed by atoms with van der Waals surface area (Å²) in [4.78, 5) is 14.4. The topological polar surface area (TPSA) is 85.9 Å². The molecule has 2 rings (SSSR count). The van der Waals surface area contributed by atoms with Crippen molar-refractivity contribution in [1.82, 2.24) is 20.1 Å². The molecule has 1 aromatic carbocycles. The average Bonchev–Trinajstić information content (AvgIpc) is 2.84. The maximum atomic E-state index is 10.6. The van der Waals surface area contributed by atoms with E-state index in [0.29, 0.717) is 6.54 Å². The van der Waals surface area contributed by atoms with Crippen molar-refractivity contribution in [3.63, 3.8) is 0 Å². The van der Waals surface area contributed by atoms with E-state index in [2.05, 4.69) is 36.2 Å². The molecule has 0 bridgehead atoms. The second-order valence-electron chi connectivity index (χ2n) is 5.47. The fraction of sp³-hybridized carbons (Fsp3) is 0.385. The summed E-state index contributed by atoms with van der Waals surface area (Å²) in [7, 11) is 0. The number of rotatable bonds is 4. The highest BCUT2D eigenvalue weighted by molar-refractivity contribution is 5.40. The van der Waals surface area contributed by atoms with Gasteiger partial charge in [-0.3, -0.25) is 10.1 Å². The fourth-order valence-corrected chi connectivity index (χ4v) is 1.66. The molecule has 0 saturated heterocycles. The van der Waals surface area contributed by atoms with Crippen LogP contribution in [0.1, 0.15) is 26.6 Å². The van der Waals surface area contributed by atoms with Crippen LogP contribution in [-0.2, 0) is 6.54 Å². The van der Waals surface area contributed by atoms with Crippen molar-refractivity contribution in [3.8, 4) is 5.69 Å². The second kappa shape index (κ2) is 5.38. The van der Waals surface area contributed by atoms with Crippen LogP contribution in [0, 0.1) is 10.1 Å². The highest BCUT2D eigenvalue weighted by Crippen LogP contribution is 2.15. The predicted octanol–water partition coefficient (Wildman–Crippen LogP) is 2.06. The average molecular weight is 275 g/mol. The van der Waals surface area contributed by atoms with Crippen molar-refractivity contribution in [2.24, 2.45) is 0 Å². The monoisotopic (exact) mass is 275 g/mol. The molecule has 0 amide bonds. The van der Waals surface area contributed by atoms with E-state index in [9.17, 15) is 10.1 Å². The number of nitro groups is 1. The van der Waals surface area contributed by atoms with Crippen LogP contribution in [0.25, 0.3) is 5.69 Å². The molecule has 0 aliphatic carbocycles. The van der Waals surface area contributed by atoms with Crippen LogP contribution in [0.5, 0.6) is 0 Å². The number of aromatic nitrogens is 3. The number of hydrogen-bond donors (Lipinski definition) is 1. The quantitative estimate of drug-likeness (QED) is 0.682. The van der Waals surface area contributed by atoms with Crippen LogP contribution in [0.15, 0.2) is 30.6 Å². The van der Waals surface area contributed by atoms with Gasteiger partial charge in [0, 0.05) is 17.7 Å². The summed E-state index contributed by atoms with van der Waals surface area (Å²) >= 11 is 0. The molecule has 1 N–H and O–H groups in total. The molecular formula is C13H17N5O2. The van der Waals surface area contributed by atoms with Crippen LogP contribution in [0.4, 0.5) is 5.69 Å². The summed E-state index contributed by atoms with van der Waals surface area (Å²) < 4.78 is 1.67. The third-order valence-electron chi connectivity index (χ3n) is 2.70. The summed E-state index contributed by atoms with van der Waals surface area (Å²) in [5, 5.41) is 18.1. The minimum Gasteiger partial charge on any atom is -0.305 e. The van der Waals surface area contributed by atoms with E-state index in [1.54, 1.807) is 16.8 Å². The third-order valence-corrected chi connectivity index (χ3v) is 2.70. The number of nitro benzene ring substituents is 1. The van der Waals surface area contributed by atoms with Crippen molar-refractivity contribution >= 4 is 5.69 Å². The Balaban J connectivity index is 2.21. The maximum absolute atomic E-state index is 10.6. The second-order valence-corrected chi connectivity index (χ2v) is 5.47. The lowest BCUT2D eigenvalue weighted by Crippen LogP contribution is -2.35. The smallest absolute Gasteiger partial charge is 0.269 e. The van der Waals surface area contributed by atoms with E-state index in [1.807, 2.05) is 0 Å². The molecule has 0 aliphatic heterocycles. The Bertz CT molecular complexity index is 598. The third kappa shape index (κ3) is 3.39. The van der Waals surface area contributed by atoms with Gasteiger partial charge in [-0.2, -0.15) is 5.10 Å². The Morgan fingerprint density at radius 3 is 2.50 bits per heavy atom. The Hall–Kier alpha value is -2.28. The molecule has 0 radical (unpaired) electrons. The molecule has 1 aromatic heterocycles. The van der Waals surface area contributed by atoms with Gasteiger partial charge < -0.3 is 5.32 Å². The lowest BCUT2D eigenvalue weighted by molar-refractivity contribution is -0.384. The molecular weight excluding hydrogens is 258 g/mol. The Kier molecular flexibility index (Phi) is 3.80. The largest absolute Gasteiger partial charge is 0.305 e. The molecule has 0 fully saturated rings.